The van der Waals surface area contributed by atoms with Crippen molar-refractivity contribution < 1.29 is 9.53 Å². The SMILES string of the molecule is CCOc1ccc(/C=C/C(=O)NC(=S)Nc2sc3c(c2C#N)CCCC3)cc1. The third-order valence-corrected chi connectivity index (χ3v) is 5.78. The molecule has 0 saturated carbocycles. The lowest BCUT2D eigenvalue weighted by molar-refractivity contribution is -0.115. The smallest absolute Gasteiger partial charge is 0.250 e. The van der Waals surface area contributed by atoms with Crippen LogP contribution in [0.15, 0.2) is 30.3 Å². The Kier molecular flexibility index (Phi) is 6.80. The molecule has 5 nitrogen and oxygen atoms in total. The molecule has 0 spiro atoms. The lowest BCUT2D eigenvalue weighted by Crippen LogP contribution is -2.32. The first kappa shape index (κ1) is 20.1. The highest BCUT2D eigenvalue weighted by Gasteiger charge is 2.21. The molecule has 2 N–H and O–H groups in total. The number of fused-ring (bicyclic) bond motifs is 1. The van der Waals surface area contributed by atoms with Crippen molar-refractivity contribution in [2.45, 2.75) is 32.6 Å². The van der Waals surface area contributed by atoms with Crippen LogP contribution in [-0.2, 0) is 17.6 Å². The summed E-state index contributed by atoms with van der Waals surface area (Å²) in [6.07, 6.45) is 7.32. The average Bonchev–Trinajstić information content (AvgIpc) is 3.04. The summed E-state index contributed by atoms with van der Waals surface area (Å²) in [4.78, 5) is 13.4. The number of rotatable bonds is 5. The van der Waals surface area contributed by atoms with Gasteiger partial charge in [-0.25, -0.2) is 0 Å². The molecule has 144 valence electrons. The number of hydrogen-bond donors (Lipinski definition) is 2. The Morgan fingerprint density at radius 2 is 2.07 bits per heavy atom. The molecule has 0 bridgehead atoms. The van der Waals surface area contributed by atoms with E-state index in [9.17, 15) is 10.1 Å². The molecule has 1 aromatic carbocycles. The third-order valence-electron chi connectivity index (χ3n) is 4.37. The topological polar surface area (TPSA) is 74.2 Å². The second kappa shape index (κ2) is 9.49. The highest BCUT2D eigenvalue weighted by molar-refractivity contribution is 7.80. The number of ether oxygens (including phenoxy) is 1. The number of benzene rings is 1. The van der Waals surface area contributed by atoms with Crippen LogP contribution in [0.1, 0.15) is 41.3 Å². The fourth-order valence-corrected chi connectivity index (χ4v) is 4.59. The van der Waals surface area contributed by atoms with Gasteiger partial charge in [0.2, 0.25) is 5.91 Å². The summed E-state index contributed by atoms with van der Waals surface area (Å²) in [5.41, 5.74) is 2.67. The largest absolute Gasteiger partial charge is 0.494 e. The van der Waals surface area contributed by atoms with Crippen molar-refractivity contribution in [3.8, 4) is 11.8 Å². The zero-order valence-electron chi connectivity index (χ0n) is 15.6. The lowest BCUT2D eigenvalue weighted by Gasteiger charge is -2.09. The van der Waals surface area contributed by atoms with E-state index in [1.807, 2.05) is 31.2 Å². The van der Waals surface area contributed by atoms with Crippen molar-refractivity contribution in [3.63, 3.8) is 0 Å². The molecule has 2 aromatic rings. The molecule has 28 heavy (non-hydrogen) atoms. The normalized spacial score (nSPS) is 12.9. The van der Waals surface area contributed by atoms with Gasteiger partial charge in [0.05, 0.1) is 12.2 Å². The number of anilines is 1. The van der Waals surface area contributed by atoms with Crippen molar-refractivity contribution >= 4 is 45.7 Å². The quantitative estimate of drug-likeness (QED) is 0.563. The second-order valence-corrected chi connectivity index (χ2v) is 7.82. The fourth-order valence-electron chi connectivity index (χ4n) is 3.07. The zero-order valence-corrected chi connectivity index (χ0v) is 17.2. The van der Waals surface area contributed by atoms with Gasteiger partial charge in [0.25, 0.3) is 0 Å². The molecular formula is C21H21N3O2S2. The summed E-state index contributed by atoms with van der Waals surface area (Å²) in [7, 11) is 0. The van der Waals surface area contributed by atoms with Crippen molar-refractivity contribution in [3.05, 3.63) is 51.9 Å². The minimum Gasteiger partial charge on any atom is -0.494 e. The number of carbonyl (C=O) groups is 1. The molecule has 7 heteroatoms. The lowest BCUT2D eigenvalue weighted by atomic mass is 9.96. The molecule has 1 heterocycles. The molecule has 0 saturated heterocycles. The Morgan fingerprint density at radius 1 is 1.32 bits per heavy atom. The molecule has 0 atom stereocenters. The first-order chi connectivity index (χ1) is 13.6. The summed E-state index contributed by atoms with van der Waals surface area (Å²) in [5.74, 6) is 0.465. The van der Waals surface area contributed by atoms with Crippen LogP contribution in [-0.4, -0.2) is 17.6 Å². The standard InChI is InChI=1S/C21H21N3O2S2/c1-2-26-15-10-7-14(8-11-15)9-12-19(25)23-21(27)24-20-17(13-22)16-5-3-4-6-18(16)28-20/h7-12H,2-6H2,1H3,(H2,23,24,25,27)/b12-9+. The zero-order chi connectivity index (χ0) is 19.9. The number of nitrogens with zero attached hydrogens (tertiary/aromatic N) is 1. The predicted octanol–water partition coefficient (Wildman–Crippen LogP) is 4.42. The molecule has 1 aromatic heterocycles. The van der Waals surface area contributed by atoms with Crippen LogP contribution in [0.25, 0.3) is 6.08 Å². The van der Waals surface area contributed by atoms with Crippen molar-refractivity contribution in [1.29, 1.82) is 5.26 Å². The van der Waals surface area contributed by atoms with E-state index in [4.69, 9.17) is 17.0 Å². The van der Waals surface area contributed by atoms with Gasteiger partial charge in [0, 0.05) is 11.0 Å². The number of nitriles is 1. The number of nitrogens with one attached hydrogen (secondary N) is 2. The number of hydrogen-bond acceptors (Lipinski definition) is 5. The van der Waals surface area contributed by atoms with Crippen LogP contribution in [0.5, 0.6) is 5.75 Å². The third kappa shape index (κ3) is 4.97. The first-order valence-electron chi connectivity index (χ1n) is 9.18. The second-order valence-electron chi connectivity index (χ2n) is 6.31. The van der Waals surface area contributed by atoms with E-state index in [-0.39, 0.29) is 11.0 Å². The van der Waals surface area contributed by atoms with Gasteiger partial charge in [-0.2, -0.15) is 5.26 Å². The van der Waals surface area contributed by atoms with E-state index in [0.717, 1.165) is 47.6 Å². The summed E-state index contributed by atoms with van der Waals surface area (Å²) in [5, 5.41) is 16.0. The molecule has 3 rings (SSSR count). The van der Waals surface area contributed by atoms with Gasteiger partial charge < -0.3 is 10.1 Å². The Morgan fingerprint density at radius 3 is 2.79 bits per heavy atom. The van der Waals surface area contributed by atoms with E-state index in [0.29, 0.717) is 12.2 Å². The maximum atomic E-state index is 12.1. The van der Waals surface area contributed by atoms with Gasteiger partial charge in [-0.1, -0.05) is 12.1 Å². The number of amides is 1. The van der Waals surface area contributed by atoms with Crippen LogP contribution < -0.4 is 15.4 Å². The number of carbonyl (C=O) groups excluding carboxylic acids is 1. The van der Waals surface area contributed by atoms with E-state index in [2.05, 4.69) is 16.7 Å². The predicted molar refractivity (Wildman–Crippen MR) is 117 cm³/mol. The number of aryl methyl sites for hydroxylation is 1. The van der Waals surface area contributed by atoms with Crippen LogP contribution in [0.2, 0.25) is 0 Å². The average molecular weight is 412 g/mol. The van der Waals surface area contributed by atoms with E-state index < -0.39 is 0 Å². The molecule has 1 amide bonds. The summed E-state index contributed by atoms with van der Waals surface area (Å²) < 4.78 is 5.39. The van der Waals surface area contributed by atoms with Gasteiger partial charge >= 0.3 is 0 Å². The van der Waals surface area contributed by atoms with E-state index in [1.54, 1.807) is 17.4 Å². The Hall–Kier alpha value is -2.69. The summed E-state index contributed by atoms with van der Waals surface area (Å²) >= 11 is 6.80. The Labute approximate surface area is 174 Å². The van der Waals surface area contributed by atoms with Gasteiger partial charge in [0.1, 0.15) is 16.8 Å². The van der Waals surface area contributed by atoms with Gasteiger partial charge in [-0.3, -0.25) is 10.1 Å². The maximum Gasteiger partial charge on any atom is 0.250 e. The Balaban J connectivity index is 1.58. The highest BCUT2D eigenvalue weighted by atomic mass is 32.1. The monoisotopic (exact) mass is 411 g/mol. The number of thiocarbonyl (C=S) groups is 1. The van der Waals surface area contributed by atoms with Crippen LogP contribution >= 0.6 is 23.6 Å². The molecule has 0 radical (unpaired) electrons. The van der Waals surface area contributed by atoms with Gasteiger partial charge in [0.15, 0.2) is 5.11 Å². The number of thiophene rings is 1. The fraction of sp³-hybridized carbons (Fsp3) is 0.286. The molecule has 1 aliphatic rings. The molecular weight excluding hydrogens is 390 g/mol. The maximum absolute atomic E-state index is 12.1. The van der Waals surface area contributed by atoms with Crippen LogP contribution in [0.4, 0.5) is 5.00 Å². The van der Waals surface area contributed by atoms with E-state index >= 15 is 0 Å². The van der Waals surface area contributed by atoms with Gasteiger partial charge in [-0.05, 0) is 74.2 Å². The highest BCUT2D eigenvalue weighted by Crippen LogP contribution is 2.37. The van der Waals surface area contributed by atoms with Crippen molar-refractivity contribution in [1.82, 2.24) is 5.32 Å². The summed E-state index contributed by atoms with van der Waals surface area (Å²) in [6.45, 7) is 2.54. The minimum absolute atomic E-state index is 0.191. The first-order valence-corrected chi connectivity index (χ1v) is 10.4. The summed E-state index contributed by atoms with van der Waals surface area (Å²) in [6, 6.07) is 9.74. The van der Waals surface area contributed by atoms with Crippen LogP contribution in [0.3, 0.4) is 0 Å². The molecule has 0 fully saturated rings. The van der Waals surface area contributed by atoms with Crippen LogP contribution in [0, 0.1) is 11.3 Å². The van der Waals surface area contributed by atoms with E-state index in [1.165, 1.54) is 11.0 Å². The van der Waals surface area contributed by atoms with Crippen molar-refractivity contribution in [2.75, 3.05) is 11.9 Å². The molecule has 1 aliphatic carbocycles. The Bertz CT molecular complexity index is 940. The molecule has 0 unspecified atom stereocenters. The van der Waals surface area contributed by atoms with Gasteiger partial charge in [-0.15, -0.1) is 11.3 Å². The molecule has 0 aliphatic heterocycles. The minimum atomic E-state index is -0.328. The van der Waals surface area contributed by atoms with Crippen molar-refractivity contribution in [2.24, 2.45) is 0 Å².